The number of rotatable bonds is 5. The maximum atomic E-state index is 12.4. The predicted octanol–water partition coefficient (Wildman–Crippen LogP) is 0.779. The number of hydrogen-bond donors (Lipinski definition) is 1. The van der Waals surface area contributed by atoms with E-state index in [9.17, 15) is 8.42 Å². The van der Waals surface area contributed by atoms with Gasteiger partial charge in [0, 0.05) is 26.7 Å². The Kier molecular flexibility index (Phi) is 4.62. The first-order valence-electron chi connectivity index (χ1n) is 6.36. The molecule has 1 aromatic heterocycles. The summed E-state index contributed by atoms with van der Waals surface area (Å²) < 4.78 is 26.7. The van der Waals surface area contributed by atoms with E-state index in [1.807, 2.05) is 5.38 Å². The molecule has 1 fully saturated rings. The molecule has 1 atom stereocenters. The Morgan fingerprint density at radius 2 is 2.32 bits per heavy atom. The van der Waals surface area contributed by atoms with Crippen molar-refractivity contribution in [1.29, 1.82) is 0 Å². The Balaban J connectivity index is 2.06. The van der Waals surface area contributed by atoms with Crippen molar-refractivity contribution in [3.8, 4) is 0 Å². The van der Waals surface area contributed by atoms with Crippen molar-refractivity contribution >= 4 is 21.4 Å². The molecule has 1 aromatic rings. The molecule has 2 rings (SSSR count). The van der Waals surface area contributed by atoms with Crippen LogP contribution >= 0.6 is 11.3 Å². The van der Waals surface area contributed by atoms with Crippen molar-refractivity contribution in [3.05, 3.63) is 17.0 Å². The first kappa shape index (κ1) is 14.9. The van der Waals surface area contributed by atoms with Crippen LogP contribution in [0.5, 0.6) is 0 Å². The quantitative estimate of drug-likeness (QED) is 0.873. The molecule has 1 saturated heterocycles. The van der Waals surface area contributed by atoms with Crippen molar-refractivity contribution in [2.45, 2.75) is 17.2 Å². The van der Waals surface area contributed by atoms with Crippen LogP contribution in [0.15, 0.2) is 15.7 Å². The molecule has 0 spiro atoms. The van der Waals surface area contributed by atoms with Crippen LogP contribution in [0.2, 0.25) is 0 Å². The summed E-state index contributed by atoms with van der Waals surface area (Å²) in [5, 5.41) is 1.81. The van der Waals surface area contributed by atoms with Crippen molar-refractivity contribution in [2.75, 3.05) is 33.7 Å². The molecule has 0 saturated carbocycles. The van der Waals surface area contributed by atoms with Crippen LogP contribution in [0.4, 0.5) is 0 Å². The van der Waals surface area contributed by atoms with Gasteiger partial charge in [-0.3, -0.25) is 0 Å². The summed E-state index contributed by atoms with van der Waals surface area (Å²) in [7, 11) is 0.378. The predicted molar refractivity (Wildman–Crippen MR) is 77.6 cm³/mol. The smallest absolute Gasteiger partial charge is 0.252 e. The Labute approximate surface area is 119 Å². The van der Waals surface area contributed by atoms with Crippen LogP contribution in [0, 0.1) is 5.92 Å². The van der Waals surface area contributed by atoms with Crippen LogP contribution < -0.4 is 5.73 Å². The number of thiophene rings is 1. The fourth-order valence-electron chi connectivity index (χ4n) is 2.39. The second-order valence-electron chi connectivity index (χ2n) is 5.18. The summed E-state index contributed by atoms with van der Waals surface area (Å²) in [5.41, 5.74) is 6.40. The molecular weight excluding hydrogens is 282 g/mol. The fourth-order valence-corrected chi connectivity index (χ4v) is 5.06. The van der Waals surface area contributed by atoms with Crippen LogP contribution in [0.1, 0.15) is 12.0 Å². The van der Waals surface area contributed by atoms with E-state index in [2.05, 4.69) is 11.9 Å². The molecule has 7 heteroatoms. The van der Waals surface area contributed by atoms with E-state index in [4.69, 9.17) is 5.73 Å². The highest BCUT2D eigenvalue weighted by molar-refractivity contribution is 7.91. The molecule has 5 nitrogen and oxygen atoms in total. The molecule has 2 heterocycles. The number of nitrogens with two attached hydrogens (primary N) is 1. The third kappa shape index (κ3) is 3.35. The lowest BCUT2D eigenvalue weighted by Crippen LogP contribution is -2.32. The molecule has 0 aliphatic carbocycles. The molecular formula is C12H21N3O2S2. The minimum Gasteiger partial charge on any atom is -0.326 e. The van der Waals surface area contributed by atoms with E-state index >= 15 is 0 Å². The van der Waals surface area contributed by atoms with Crippen molar-refractivity contribution in [2.24, 2.45) is 11.7 Å². The minimum absolute atomic E-state index is 0.378. The second-order valence-corrected chi connectivity index (χ2v) is 8.36. The summed E-state index contributed by atoms with van der Waals surface area (Å²) >= 11 is 1.25. The Morgan fingerprint density at radius 1 is 1.58 bits per heavy atom. The van der Waals surface area contributed by atoms with Gasteiger partial charge in [0.1, 0.15) is 4.21 Å². The molecule has 108 valence electrons. The van der Waals surface area contributed by atoms with E-state index in [1.54, 1.807) is 13.1 Å². The maximum absolute atomic E-state index is 12.4. The van der Waals surface area contributed by atoms with Crippen molar-refractivity contribution in [3.63, 3.8) is 0 Å². The Morgan fingerprint density at radius 3 is 2.84 bits per heavy atom. The first-order chi connectivity index (χ1) is 8.93. The van der Waals surface area contributed by atoms with E-state index in [0.29, 0.717) is 23.2 Å². The molecule has 0 bridgehead atoms. The van der Waals surface area contributed by atoms with Gasteiger partial charge in [-0.05, 0) is 42.9 Å². The largest absolute Gasteiger partial charge is 0.326 e. The van der Waals surface area contributed by atoms with Crippen molar-refractivity contribution < 1.29 is 8.42 Å². The number of sulfonamides is 1. The Hall–Kier alpha value is -0.470. The van der Waals surface area contributed by atoms with Gasteiger partial charge in [0.25, 0.3) is 10.0 Å². The average Bonchev–Trinajstić information content (AvgIpc) is 2.98. The van der Waals surface area contributed by atoms with Gasteiger partial charge in [0.05, 0.1) is 0 Å². The van der Waals surface area contributed by atoms with Gasteiger partial charge >= 0.3 is 0 Å². The zero-order valence-corrected chi connectivity index (χ0v) is 13.0. The third-order valence-electron chi connectivity index (χ3n) is 3.53. The Bertz CT molecular complexity index is 527. The van der Waals surface area contributed by atoms with Gasteiger partial charge in [-0.25, -0.2) is 8.42 Å². The summed E-state index contributed by atoms with van der Waals surface area (Å²) in [6.45, 7) is 2.99. The lowest BCUT2D eigenvalue weighted by molar-refractivity contribution is 0.357. The molecule has 2 N–H and O–H groups in total. The van der Waals surface area contributed by atoms with E-state index in [-0.39, 0.29) is 0 Å². The summed E-state index contributed by atoms with van der Waals surface area (Å²) in [6.07, 6.45) is 1.06. The first-order valence-corrected chi connectivity index (χ1v) is 8.68. The highest BCUT2D eigenvalue weighted by Crippen LogP contribution is 2.25. The van der Waals surface area contributed by atoms with Crippen LogP contribution in [0.25, 0.3) is 0 Å². The third-order valence-corrected chi connectivity index (χ3v) is 6.82. The molecule has 0 aromatic carbocycles. The number of nitrogens with zero attached hydrogens (tertiary/aromatic N) is 2. The average molecular weight is 303 g/mol. The van der Waals surface area contributed by atoms with E-state index in [0.717, 1.165) is 25.1 Å². The van der Waals surface area contributed by atoms with E-state index in [1.165, 1.54) is 15.6 Å². The summed E-state index contributed by atoms with van der Waals surface area (Å²) in [4.78, 5) is 2.24. The lowest BCUT2D eigenvalue weighted by atomic mass is 10.1. The monoisotopic (exact) mass is 303 g/mol. The fraction of sp³-hybridized carbons (Fsp3) is 0.667. The number of hydrogen-bond acceptors (Lipinski definition) is 5. The lowest BCUT2D eigenvalue weighted by Gasteiger charge is -2.20. The normalized spacial score (nSPS) is 21.4. The van der Waals surface area contributed by atoms with Crippen LogP contribution in [-0.2, 0) is 16.6 Å². The van der Waals surface area contributed by atoms with Gasteiger partial charge in [-0.2, -0.15) is 4.31 Å². The molecule has 0 amide bonds. The van der Waals surface area contributed by atoms with Gasteiger partial charge in [0.2, 0.25) is 0 Å². The van der Waals surface area contributed by atoms with Gasteiger partial charge < -0.3 is 10.6 Å². The minimum atomic E-state index is -3.36. The zero-order chi connectivity index (χ0) is 14.0. The molecule has 1 unspecified atom stereocenters. The standard InChI is InChI=1S/C12H21N3O2S2/c1-14-4-3-10(7-14)8-15(2)19(16,17)12-5-11(6-13)9-18-12/h5,9-10H,3-4,6-8,13H2,1-2H3. The highest BCUT2D eigenvalue weighted by Gasteiger charge is 2.28. The molecule has 1 aliphatic heterocycles. The summed E-state index contributed by atoms with van der Waals surface area (Å²) in [6, 6.07) is 1.68. The van der Waals surface area contributed by atoms with Gasteiger partial charge in [-0.1, -0.05) is 0 Å². The second kappa shape index (κ2) is 5.88. The van der Waals surface area contributed by atoms with Gasteiger partial charge in [0.15, 0.2) is 0 Å². The topological polar surface area (TPSA) is 66.6 Å². The highest BCUT2D eigenvalue weighted by atomic mass is 32.2. The maximum Gasteiger partial charge on any atom is 0.252 e. The van der Waals surface area contributed by atoms with E-state index < -0.39 is 10.0 Å². The van der Waals surface area contributed by atoms with Gasteiger partial charge in [-0.15, -0.1) is 11.3 Å². The summed E-state index contributed by atoms with van der Waals surface area (Å²) in [5.74, 6) is 0.429. The SMILES string of the molecule is CN1CCC(CN(C)S(=O)(=O)c2cc(CN)cs2)C1. The molecule has 0 radical (unpaired) electrons. The number of likely N-dealkylation sites (tertiary alicyclic amines) is 1. The molecule has 19 heavy (non-hydrogen) atoms. The van der Waals surface area contributed by atoms with Crippen molar-refractivity contribution in [1.82, 2.24) is 9.21 Å². The molecule has 1 aliphatic rings. The van der Waals surface area contributed by atoms with Crippen LogP contribution in [0.3, 0.4) is 0 Å². The zero-order valence-electron chi connectivity index (χ0n) is 11.4. The van der Waals surface area contributed by atoms with Crippen LogP contribution in [-0.4, -0.2) is 51.4 Å².